The fraction of sp³-hybridized carbons (Fsp3) is 0. The van der Waals surface area contributed by atoms with Crippen molar-refractivity contribution in [2.75, 3.05) is 0 Å². The van der Waals surface area contributed by atoms with Gasteiger partial charge in [0.15, 0.2) is 0 Å². The molecule has 10 rings (SSSR count). The molecule has 0 aliphatic rings. The zero-order valence-corrected chi connectivity index (χ0v) is 24.3. The molecule has 0 atom stereocenters. The minimum absolute atomic E-state index is 0.317. The molecule has 9 aromatic carbocycles. The topological polar surface area (TPSA) is 13.1 Å². The van der Waals surface area contributed by atoms with E-state index in [0.717, 1.165) is 65.2 Å². The van der Waals surface area contributed by atoms with Gasteiger partial charge in [0, 0.05) is 16.2 Å². The van der Waals surface area contributed by atoms with E-state index >= 15 is 0 Å². The minimum Gasteiger partial charge on any atom is -0.455 e. The second-order valence-electron chi connectivity index (χ2n) is 11.9. The summed E-state index contributed by atoms with van der Waals surface area (Å²) in [7, 11) is 0. The van der Waals surface area contributed by atoms with Gasteiger partial charge in [-0.2, -0.15) is 0 Å². The van der Waals surface area contributed by atoms with Crippen LogP contribution >= 0.6 is 0 Å². The van der Waals surface area contributed by atoms with E-state index in [1.165, 1.54) is 21.9 Å². The summed E-state index contributed by atoms with van der Waals surface area (Å²) < 4.78 is 25.6. The summed E-state index contributed by atoms with van der Waals surface area (Å²) in [6.07, 6.45) is 0. The first-order valence-electron chi connectivity index (χ1n) is 16.4. The van der Waals surface area contributed by atoms with E-state index in [-0.39, 0.29) is 0 Å². The molecule has 0 aliphatic heterocycles. The Bertz CT molecular complexity index is 2860. The molecule has 1 nitrogen and oxygen atoms in total. The van der Waals surface area contributed by atoms with Gasteiger partial charge in [-0.1, -0.05) is 127 Å². The van der Waals surface area contributed by atoms with Gasteiger partial charge < -0.3 is 4.42 Å². The van der Waals surface area contributed by atoms with Crippen LogP contribution in [0.1, 0.15) is 2.74 Å². The molecule has 0 bridgehead atoms. The van der Waals surface area contributed by atoms with Crippen LogP contribution in [0.2, 0.25) is 0 Å². The maximum atomic E-state index is 9.56. The van der Waals surface area contributed by atoms with Crippen molar-refractivity contribution >= 4 is 75.8 Å². The van der Waals surface area contributed by atoms with Crippen LogP contribution in [0.15, 0.2) is 162 Å². The number of furan rings is 1. The second kappa shape index (κ2) is 9.29. The molecule has 1 heterocycles. The molecule has 45 heavy (non-hydrogen) atoms. The predicted octanol–water partition coefficient (Wildman–Crippen LogP) is 12.7. The Morgan fingerprint density at radius 3 is 1.60 bits per heavy atom. The molecule has 1 heteroatoms. The molecule has 1 aromatic heterocycles. The highest BCUT2D eigenvalue weighted by Gasteiger charge is 2.22. The van der Waals surface area contributed by atoms with E-state index in [9.17, 15) is 2.74 Å². The van der Waals surface area contributed by atoms with Crippen LogP contribution in [-0.2, 0) is 0 Å². The zero-order valence-electron chi connectivity index (χ0n) is 26.3. The van der Waals surface area contributed by atoms with Gasteiger partial charge in [0.1, 0.15) is 11.2 Å². The molecule has 0 saturated heterocycles. The lowest BCUT2D eigenvalue weighted by Gasteiger charge is -2.19. The molecule has 0 fully saturated rings. The van der Waals surface area contributed by atoms with Gasteiger partial charge in [-0.25, -0.2) is 0 Å². The minimum atomic E-state index is 0.317. The average molecular weight is 573 g/mol. The molecular weight excluding hydrogens is 544 g/mol. The van der Waals surface area contributed by atoms with Crippen molar-refractivity contribution in [1.82, 2.24) is 0 Å². The van der Waals surface area contributed by atoms with Crippen LogP contribution < -0.4 is 0 Å². The third-order valence-electron chi connectivity index (χ3n) is 9.34. The van der Waals surface area contributed by atoms with Gasteiger partial charge in [0.05, 0.1) is 2.74 Å². The Balaban J connectivity index is 1.48. The number of hydrogen-bond donors (Lipinski definition) is 0. The maximum absolute atomic E-state index is 9.56. The zero-order chi connectivity index (χ0) is 31.2. The Kier molecular flexibility index (Phi) is 4.66. The summed E-state index contributed by atoms with van der Waals surface area (Å²) in [5, 5.41) is 12.0. The Morgan fingerprint density at radius 2 is 0.933 bits per heavy atom. The molecule has 0 spiro atoms. The highest BCUT2D eigenvalue weighted by Crippen LogP contribution is 2.49. The molecule has 0 radical (unpaired) electrons. The Morgan fingerprint density at radius 1 is 0.400 bits per heavy atom. The van der Waals surface area contributed by atoms with E-state index < -0.39 is 0 Å². The van der Waals surface area contributed by atoms with Gasteiger partial charge in [-0.15, -0.1) is 0 Å². The van der Waals surface area contributed by atoms with Crippen LogP contribution in [0.5, 0.6) is 0 Å². The second-order valence-corrected chi connectivity index (χ2v) is 11.9. The van der Waals surface area contributed by atoms with Crippen LogP contribution in [0.25, 0.3) is 98.1 Å². The smallest absolute Gasteiger partial charge is 0.143 e. The third-order valence-corrected chi connectivity index (χ3v) is 9.34. The number of rotatable bonds is 2. The lowest BCUT2D eigenvalue weighted by molar-refractivity contribution is 0.673. The van der Waals surface area contributed by atoms with E-state index in [1.54, 1.807) is 0 Å². The van der Waals surface area contributed by atoms with E-state index in [0.29, 0.717) is 23.1 Å². The monoisotopic (exact) mass is 572 g/mol. The standard InChI is InChI=1S/C44H26O/c1-2-12-27(13-3-1)41-33-18-8-10-20-35(33)42(36-21-11-9-19-34(36)41)39-25-32-22-28-14-4-5-15-29(28)23-37(32)44-43(39)38-24-30-16-6-7-17-31(30)26-40(38)45-44/h1-26H/i24D,26D. The fourth-order valence-electron chi connectivity index (χ4n) is 7.38. The largest absolute Gasteiger partial charge is 0.455 e. The molecule has 208 valence electrons. The third kappa shape index (κ3) is 3.56. The van der Waals surface area contributed by atoms with Crippen molar-refractivity contribution in [2.24, 2.45) is 0 Å². The van der Waals surface area contributed by atoms with Crippen molar-refractivity contribution in [3.63, 3.8) is 0 Å². The summed E-state index contributed by atoms with van der Waals surface area (Å²) in [6, 6.07) is 51.5. The van der Waals surface area contributed by atoms with Crippen LogP contribution in [-0.4, -0.2) is 0 Å². The first-order valence-corrected chi connectivity index (χ1v) is 15.4. The summed E-state index contributed by atoms with van der Waals surface area (Å²) in [6.45, 7) is 0. The Hall–Kier alpha value is -5.92. The van der Waals surface area contributed by atoms with Crippen LogP contribution in [0, 0.1) is 0 Å². The van der Waals surface area contributed by atoms with Gasteiger partial charge in [-0.3, -0.25) is 0 Å². The van der Waals surface area contributed by atoms with Gasteiger partial charge in [0.2, 0.25) is 0 Å². The Labute approximate surface area is 262 Å². The molecule has 0 saturated carbocycles. The molecular formula is C44H26O. The number of benzene rings is 9. The lowest BCUT2D eigenvalue weighted by Crippen LogP contribution is -1.91. The summed E-state index contributed by atoms with van der Waals surface area (Å²) in [4.78, 5) is 0. The fourth-order valence-corrected chi connectivity index (χ4v) is 7.38. The highest BCUT2D eigenvalue weighted by atomic mass is 16.3. The molecule has 10 aromatic rings. The van der Waals surface area contributed by atoms with Crippen molar-refractivity contribution in [3.05, 3.63) is 158 Å². The van der Waals surface area contributed by atoms with Crippen molar-refractivity contribution < 1.29 is 7.16 Å². The number of hydrogen-bond acceptors (Lipinski definition) is 1. The normalized spacial score (nSPS) is 12.6. The summed E-state index contributed by atoms with van der Waals surface area (Å²) in [5.41, 5.74) is 5.68. The van der Waals surface area contributed by atoms with Gasteiger partial charge in [0.25, 0.3) is 0 Å². The van der Waals surface area contributed by atoms with Crippen LogP contribution in [0.4, 0.5) is 0 Å². The summed E-state index contributed by atoms with van der Waals surface area (Å²) in [5.74, 6) is 0. The van der Waals surface area contributed by atoms with Gasteiger partial charge >= 0.3 is 0 Å². The highest BCUT2D eigenvalue weighted by molar-refractivity contribution is 6.29. The molecule has 0 amide bonds. The first kappa shape index (κ1) is 22.6. The first-order chi connectivity index (χ1) is 23.2. The van der Waals surface area contributed by atoms with E-state index in [1.807, 2.05) is 24.3 Å². The maximum Gasteiger partial charge on any atom is 0.143 e. The van der Waals surface area contributed by atoms with E-state index in [4.69, 9.17) is 4.42 Å². The van der Waals surface area contributed by atoms with Crippen molar-refractivity contribution in [1.29, 1.82) is 0 Å². The summed E-state index contributed by atoms with van der Waals surface area (Å²) >= 11 is 0. The van der Waals surface area contributed by atoms with Crippen LogP contribution in [0.3, 0.4) is 0 Å². The van der Waals surface area contributed by atoms with Gasteiger partial charge in [-0.05, 0) is 101 Å². The quantitative estimate of drug-likeness (QED) is 0.188. The van der Waals surface area contributed by atoms with Crippen molar-refractivity contribution in [2.45, 2.75) is 0 Å². The van der Waals surface area contributed by atoms with E-state index in [2.05, 4.69) is 121 Å². The van der Waals surface area contributed by atoms with Crippen molar-refractivity contribution in [3.8, 4) is 22.3 Å². The number of fused-ring (bicyclic) bond motifs is 9. The molecule has 0 N–H and O–H groups in total. The SMILES string of the molecule is [2H]c1c2ccccc2c([2H])c2c1oc1c3cc4ccccc4cc3cc(-c3c4ccccc4c(-c4ccccc4)c4ccccc34)c12. The lowest BCUT2D eigenvalue weighted by atomic mass is 9.84. The molecule has 0 unspecified atom stereocenters. The molecule has 0 aliphatic carbocycles. The predicted molar refractivity (Wildman–Crippen MR) is 192 cm³/mol. The average Bonchev–Trinajstić information content (AvgIpc) is 3.54.